The molecule has 0 saturated heterocycles. The smallest absolute Gasteiger partial charge is 0.0610 e. The maximum Gasteiger partial charge on any atom is 0.0610 e. The van der Waals surface area contributed by atoms with Gasteiger partial charge in [-0.2, -0.15) is 0 Å². The van der Waals surface area contributed by atoms with E-state index in [0.717, 1.165) is 25.9 Å². The Balaban J connectivity index is 2.49. The predicted octanol–water partition coefficient (Wildman–Crippen LogP) is 3.04. The molecule has 1 aromatic carbocycles. The molecule has 0 aliphatic heterocycles. The highest BCUT2D eigenvalue weighted by atomic mass is 16.3. The molecule has 1 unspecified atom stereocenters. The van der Waals surface area contributed by atoms with Crippen LogP contribution in [0.3, 0.4) is 0 Å². The van der Waals surface area contributed by atoms with Gasteiger partial charge in [0.25, 0.3) is 0 Å². The summed E-state index contributed by atoms with van der Waals surface area (Å²) in [6, 6.07) is 10.9. The van der Waals surface area contributed by atoms with Crippen molar-refractivity contribution in [2.24, 2.45) is 0 Å². The summed E-state index contributed by atoms with van der Waals surface area (Å²) in [6.07, 6.45) is 2.05. The van der Waals surface area contributed by atoms with Gasteiger partial charge in [0.05, 0.1) is 6.61 Å². The van der Waals surface area contributed by atoms with Crippen molar-refractivity contribution in [1.29, 1.82) is 0 Å². The monoisotopic (exact) mass is 278 g/mol. The van der Waals surface area contributed by atoms with Gasteiger partial charge in [-0.1, -0.05) is 32.0 Å². The number of aliphatic hydroxyl groups is 1. The van der Waals surface area contributed by atoms with Crippen LogP contribution in [0.15, 0.2) is 30.3 Å². The lowest BCUT2D eigenvalue weighted by atomic mass is 9.95. The number of hydrogen-bond acceptors (Lipinski definition) is 3. The summed E-state index contributed by atoms with van der Waals surface area (Å²) >= 11 is 0. The topological polar surface area (TPSA) is 35.5 Å². The first-order chi connectivity index (χ1) is 9.50. The first-order valence-electron chi connectivity index (χ1n) is 7.69. The number of rotatable bonds is 9. The van der Waals surface area contributed by atoms with Gasteiger partial charge < -0.3 is 15.3 Å². The maximum absolute atomic E-state index is 9.60. The van der Waals surface area contributed by atoms with Crippen molar-refractivity contribution in [3.63, 3.8) is 0 Å². The molecule has 2 N–H and O–H groups in total. The highest BCUT2D eigenvalue weighted by Gasteiger charge is 2.23. The summed E-state index contributed by atoms with van der Waals surface area (Å²) in [4.78, 5) is 2.38. The fourth-order valence-electron chi connectivity index (χ4n) is 2.66. The highest BCUT2D eigenvalue weighted by molar-refractivity contribution is 5.45. The minimum absolute atomic E-state index is 0.176. The quantitative estimate of drug-likeness (QED) is 0.729. The van der Waals surface area contributed by atoms with E-state index in [2.05, 4.69) is 62.2 Å². The van der Waals surface area contributed by atoms with Crippen molar-refractivity contribution in [2.75, 3.05) is 24.6 Å². The Morgan fingerprint density at radius 1 is 1.25 bits per heavy atom. The number of nitrogens with zero attached hydrogens (tertiary/aromatic N) is 1. The second-order valence-corrected chi connectivity index (χ2v) is 6.04. The Morgan fingerprint density at radius 3 is 2.40 bits per heavy atom. The molecular weight excluding hydrogens is 248 g/mol. The third-order valence-electron chi connectivity index (χ3n) is 3.65. The first-order valence-corrected chi connectivity index (χ1v) is 7.69. The van der Waals surface area contributed by atoms with Gasteiger partial charge in [-0.05, 0) is 38.8 Å². The van der Waals surface area contributed by atoms with Crippen LogP contribution in [-0.2, 0) is 0 Å². The molecule has 1 rings (SSSR count). The highest BCUT2D eigenvalue weighted by Crippen LogP contribution is 2.17. The fourth-order valence-corrected chi connectivity index (χ4v) is 2.66. The molecule has 20 heavy (non-hydrogen) atoms. The summed E-state index contributed by atoms with van der Waals surface area (Å²) < 4.78 is 0. The molecule has 0 bridgehead atoms. The van der Waals surface area contributed by atoms with Crippen molar-refractivity contribution in [1.82, 2.24) is 5.32 Å². The Kier molecular flexibility index (Phi) is 7.03. The number of aliphatic hydroxyl groups excluding tert-OH is 1. The zero-order valence-corrected chi connectivity index (χ0v) is 13.4. The molecule has 3 heteroatoms. The van der Waals surface area contributed by atoms with Crippen molar-refractivity contribution < 1.29 is 5.11 Å². The Bertz CT molecular complexity index is 367. The zero-order chi connectivity index (χ0) is 15.0. The molecule has 0 fully saturated rings. The van der Waals surface area contributed by atoms with Gasteiger partial charge in [-0.3, -0.25) is 0 Å². The van der Waals surface area contributed by atoms with E-state index in [-0.39, 0.29) is 12.1 Å². The van der Waals surface area contributed by atoms with Crippen molar-refractivity contribution in [3.8, 4) is 0 Å². The lowest BCUT2D eigenvalue weighted by Gasteiger charge is -2.32. The van der Waals surface area contributed by atoms with Crippen LogP contribution in [0.2, 0.25) is 0 Å². The number of para-hydroxylation sites is 1. The van der Waals surface area contributed by atoms with Crippen molar-refractivity contribution in [3.05, 3.63) is 30.3 Å². The van der Waals surface area contributed by atoms with Crippen LogP contribution in [0.5, 0.6) is 0 Å². The first kappa shape index (κ1) is 17.0. The summed E-state index contributed by atoms with van der Waals surface area (Å²) in [5.74, 6) is 0. The average Bonchev–Trinajstić information content (AvgIpc) is 2.44. The van der Waals surface area contributed by atoms with Crippen LogP contribution in [0.25, 0.3) is 0 Å². The average molecular weight is 278 g/mol. The van der Waals surface area contributed by atoms with E-state index in [9.17, 15) is 5.11 Å². The number of anilines is 1. The number of nitrogens with one attached hydrogen (secondary N) is 1. The minimum Gasteiger partial charge on any atom is -0.394 e. The number of benzene rings is 1. The van der Waals surface area contributed by atoms with Gasteiger partial charge in [0, 0.05) is 30.4 Å². The van der Waals surface area contributed by atoms with Crippen molar-refractivity contribution >= 4 is 5.69 Å². The second-order valence-electron chi connectivity index (χ2n) is 6.04. The van der Waals surface area contributed by atoms with Gasteiger partial charge in [0.2, 0.25) is 0 Å². The zero-order valence-electron chi connectivity index (χ0n) is 13.4. The third kappa shape index (κ3) is 5.51. The molecule has 0 heterocycles. The SMILES string of the molecule is CCN(CCCC(C)(CO)NC(C)C)c1ccccc1. The van der Waals surface area contributed by atoms with E-state index in [1.807, 2.05) is 6.07 Å². The van der Waals surface area contributed by atoms with E-state index in [0.29, 0.717) is 6.04 Å². The van der Waals surface area contributed by atoms with E-state index in [1.165, 1.54) is 5.69 Å². The molecule has 1 atom stereocenters. The largest absolute Gasteiger partial charge is 0.394 e. The normalized spacial score (nSPS) is 14.3. The molecule has 0 aliphatic rings. The molecule has 114 valence electrons. The van der Waals surface area contributed by atoms with Crippen molar-refractivity contribution in [2.45, 2.75) is 52.1 Å². The van der Waals surface area contributed by atoms with Gasteiger partial charge in [-0.15, -0.1) is 0 Å². The summed E-state index contributed by atoms with van der Waals surface area (Å²) in [7, 11) is 0. The van der Waals surface area contributed by atoms with Crippen LogP contribution in [0.1, 0.15) is 40.5 Å². The summed E-state index contributed by atoms with van der Waals surface area (Å²) in [5.41, 5.74) is 1.10. The van der Waals surface area contributed by atoms with E-state index >= 15 is 0 Å². The molecule has 0 spiro atoms. The molecule has 0 amide bonds. The van der Waals surface area contributed by atoms with Crippen LogP contribution in [0, 0.1) is 0 Å². The number of hydrogen-bond donors (Lipinski definition) is 2. The van der Waals surface area contributed by atoms with Crippen LogP contribution < -0.4 is 10.2 Å². The molecule has 0 radical (unpaired) electrons. The molecule has 0 saturated carbocycles. The van der Waals surface area contributed by atoms with Crippen LogP contribution >= 0.6 is 0 Å². The summed E-state index contributed by atoms with van der Waals surface area (Å²) in [5, 5.41) is 13.1. The lowest BCUT2D eigenvalue weighted by molar-refractivity contribution is 0.155. The van der Waals surface area contributed by atoms with E-state index in [1.54, 1.807) is 0 Å². The lowest BCUT2D eigenvalue weighted by Crippen LogP contribution is -2.49. The Labute approximate surface area is 124 Å². The predicted molar refractivity (Wildman–Crippen MR) is 87.3 cm³/mol. The third-order valence-corrected chi connectivity index (χ3v) is 3.65. The Morgan fingerprint density at radius 2 is 1.90 bits per heavy atom. The van der Waals surface area contributed by atoms with Gasteiger partial charge in [0.1, 0.15) is 0 Å². The van der Waals surface area contributed by atoms with E-state index in [4.69, 9.17) is 0 Å². The van der Waals surface area contributed by atoms with Gasteiger partial charge >= 0.3 is 0 Å². The molecule has 0 aliphatic carbocycles. The Hall–Kier alpha value is -1.06. The fraction of sp³-hybridized carbons (Fsp3) is 0.647. The minimum atomic E-state index is -0.176. The van der Waals surface area contributed by atoms with Crippen LogP contribution in [-0.4, -0.2) is 36.4 Å². The van der Waals surface area contributed by atoms with E-state index < -0.39 is 0 Å². The van der Waals surface area contributed by atoms with Gasteiger partial charge in [-0.25, -0.2) is 0 Å². The van der Waals surface area contributed by atoms with Crippen LogP contribution in [0.4, 0.5) is 5.69 Å². The summed E-state index contributed by atoms with van der Waals surface area (Å²) in [6.45, 7) is 10.7. The second kappa shape index (κ2) is 8.28. The molecule has 1 aromatic rings. The molecule has 3 nitrogen and oxygen atoms in total. The van der Waals surface area contributed by atoms with Gasteiger partial charge in [0.15, 0.2) is 0 Å². The molecular formula is C17H30N2O. The molecule has 0 aromatic heterocycles. The maximum atomic E-state index is 9.60. The standard InChI is InChI=1S/C17H30N2O/c1-5-19(16-10-7-6-8-11-16)13-9-12-17(4,14-20)18-15(2)3/h6-8,10-11,15,18,20H,5,9,12-14H2,1-4H3.